The molecule has 0 unspecified atom stereocenters. The van der Waals surface area contributed by atoms with Crippen LogP contribution in [0.25, 0.3) is 5.57 Å². The zero-order chi connectivity index (χ0) is 10.8. The maximum absolute atomic E-state index is 6.02. The Kier molecular flexibility index (Phi) is 2.54. The van der Waals surface area contributed by atoms with Crippen molar-refractivity contribution in [2.75, 3.05) is 19.7 Å². The molecule has 1 spiro atoms. The predicted molar refractivity (Wildman–Crippen MR) is 65.2 cm³/mol. The summed E-state index contributed by atoms with van der Waals surface area (Å²) in [6.45, 7) is 2.90. The topological polar surface area (TPSA) is 21.3 Å². The van der Waals surface area contributed by atoms with Gasteiger partial charge in [0.25, 0.3) is 0 Å². The van der Waals surface area contributed by atoms with E-state index in [1.165, 1.54) is 11.1 Å². The standard InChI is InChI=1S/C14H17NO/c1-2-4-12(5-3-1)13-10-14(16-11-13)6-8-15-9-7-14/h1-5,10,15H,6-9,11H2. The van der Waals surface area contributed by atoms with Gasteiger partial charge >= 0.3 is 0 Å². The van der Waals surface area contributed by atoms with Gasteiger partial charge in [-0.05, 0) is 43.1 Å². The number of benzene rings is 1. The molecule has 1 N–H and O–H groups in total. The molecular weight excluding hydrogens is 198 g/mol. The van der Waals surface area contributed by atoms with E-state index in [1.54, 1.807) is 0 Å². The van der Waals surface area contributed by atoms with E-state index in [0.29, 0.717) is 0 Å². The van der Waals surface area contributed by atoms with Gasteiger partial charge in [0.2, 0.25) is 0 Å². The molecule has 1 aromatic carbocycles. The molecule has 1 saturated heterocycles. The Morgan fingerprint density at radius 1 is 1.06 bits per heavy atom. The fourth-order valence-electron chi connectivity index (χ4n) is 2.58. The van der Waals surface area contributed by atoms with Gasteiger partial charge in [0, 0.05) is 0 Å². The summed E-state index contributed by atoms with van der Waals surface area (Å²) in [6.07, 6.45) is 4.55. The molecule has 1 aromatic rings. The highest BCUT2D eigenvalue weighted by Gasteiger charge is 2.35. The maximum Gasteiger partial charge on any atom is 0.0897 e. The lowest BCUT2D eigenvalue weighted by Gasteiger charge is -2.31. The highest BCUT2D eigenvalue weighted by molar-refractivity contribution is 5.69. The number of piperidine rings is 1. The Balaban J connectivity index is 1.86. The normalized spacial score (nSPS) is 23.4. The quantitative estimate of drug-likeness (QED) is 0.775. The summed E-state index contributed by atoms with van der Waals surface area (Å²) >= 11 is 0. The zero-order valence-electron chi connectivity index (χ0n) is 9.41. The lowest BCUT2D eigenvalue weighted by molar-refractivity contribution is 0.00381. The van der Waals surface area contributed by atoms with Crippen LogP contribution in [0, 0.1) is 0 Å². The summed E-state index contributed by atoms with van der Waals surface area (Å²) in [4.78, 5) is 0. The molecule has 0 aromatic heterocycles. The molecule has 2 aliphatic rings. The minimum absolute atomic E-state index is 0.0242. The molecule has 2 heterocycles. The van der Waals surface area contributed by atoms with Crippen LogP contribution in [0.1, 0.15) is 18.4 Å². The van der Waals surface area contributed by atoms with Crippen molar-refractivity contribution in [2.45, 2.75) is 18.4 Å². The van der Waals surface area contributed by atoms with Gasteiger partial charge < -0.3 is 10.1 Å². The average molecular weight is 215 g/mol. The number of hydrogen-bond donors (Lipinski definition) is 1. The van der Waals surface area contributed by atoms with E-state index in [2.05, 4.69) is 41.7 Å². The lowest BCUT2D eigenvalue weighted by Crippen LogP contribution is -2.40. The van der Waals surface area contributed by atoms with Crippen molar-refractivity contribution in [1.29, 1.82) is 0 Å². The molecule has 0 amide bonds. The van der Waals surface area contributed by atoms with Gasteiger partial charge in [0.1, 0.15) is 0 Å². The lowest BCUT2D eigenvalue weighted by atomic mass is 9.91. The largest absolute Gasteiger partial charge is 0.366 e. The third-order valence-electron chi connectivity index (χ3n) is 3.55. The molecular formula is C14H17NO. The van der Waals surface area contributed by atoms with Crippen LogP contribution < -0.4 is 5.32 Å². The average Bonchev–Trinajstić information content (AvgIpc) is 2.75. The van der Waals surface area contributed by atoms with Crippen molar-refractivity contribution in [2.24, 2.45) is 0 Å². The number of ether oxygens (including phenoxy) is 1. The van der Waals surface area contributed by atoms with Crippen molar-refractivity contribution in [1.82, 2.24) is 5.32 Å². The Labute approximate surface area is 96.3 Å². The van der Waals surface area contributed by atoms with E-state index in [4.69, 9.17) is 4.74 Å². The second kappa shape index (κ2) is 4.04. The van der Waals surface area contributed by atoms with Gasteiger partial charge in [-0.2, -0.15) is 0 Å². The van der Waals surface area contributed by atoms with Crippen LogP contribution in [0.5, 0.6) is 0 Å². The first-order valence-electron chi connectivity index (χ1n) is 6.00. The van der Waals surface area contributed by atoms with Crippen molar-refractivity contribution >= 4 is 5.57 Å². The predicted octanol–water partition coefficient (Wildman–Crippen LogP) is 2.22. The second-order valence-electron chi connectivity index (χ2n) is 4.64. The van der Waals surface area contributed by atoms with Gasteiger partial charge in [-0.15, -0.1) is 0 Å². The van der Waals surface area contributed by atoms with Crippen LogP contribution in [-0.4, -0.2) is 25.3 Å². The summed E-state index contributed by atoms with van der Waals surface area (Å²) in [5.74, 6) is 0. The molecule has 3 rings (SSSR count). The SMILES string of the molecule is C1=C(c2ccccc2)COC12CCNCC2. The van der Waals surface area contributed by atoms with E-state index in [9.17, 15) is 0 Å². The monoisotopic (exact) mass is 215 g/mol. The fraction of sp³-hybridized carbons (Fsp3) is 0.429. The van der Waals surface area contributed by atoms with Gasteiger partial charge in [0.05, 0.1) is 12.2 Å². The Hall–Kier alpha value is -1.12. The molecule has 0 radical (unpaired) electrons. The summed E-state index contributed by atoms with van der Waals surface area (Å²) in [5, 5.41) is 3.38. The molecule has 2 heteroatoms. The first-order chi connectivity index (χ1) is 7.88. The van der Waals surface area contributed by atoms with Crippen molar-refractivity contribution in [3.63, 3.8) is 0 Å². The van der Waals surface area contributed by atoms with Crippen molar-refractivity contribution in [3.05, 3.63) is 42.0 Å². The minimum atomic E-state index is 0.0242. The van der Waals surface area contributed by atoms with Gasteiger partial charge in [-0.25, -0.2) is 0 Å². The first-order valence-corrected chi connectivity index (χ1v) is 6.00. The van der Waals surface area contributed by atoms with Gasteiger partial charge in [0.15, 0.2) is 0 Å². The maximum atomic E-state index is 6.02. The van der Waals surface area contributed by atoms with E-state index < -0.39 is 0 Å². The van der Waals surface area contributed by atoms with E-state index in [-0.39, 0.29) is 5.60 Å². The molecule has 0 bridgehead atoms. The van der Waals surface area contributed by atoms with Crippen molar-refractivity contribution < 1.29 is 4.74 Å². The molecule has 0 saturated carbocycles. The third-order valence-corrected chi connectivity index (χ3v) is 3.55. The van der Waals surface area contributed by atoms with Crippen LogP contribution in [0.2, 0.25) is 0 Å². The van der Waals surface area contributed by atoms with Crippen LogP contribution in [0.3, 0.4) is 0 Å². The molecule has 16 heavy (non-hydrogen) atoms. The van der Waals surface area contributed by atoms with Crippen LogP contribution in [0.15, 0.2) is 36.4 Å². The smallest absolute Gasteiger partial charge is 0.0897 e. The number of rotatable bonds is 1. The number of nitrogens with one attached hydrogen (secondary N) is 1. The van der Waals surface area contributed by atoms with Gasteiger partial charge in [-0.1, -0.05) is 30.3 Å². The second-order valence-corrected chi connectivity index (χ2v) is 4.64. The molecule has 1 fully saturated rings. The van der Waals surface area contributed by atoms with Crippen LogP contribution >= 0.6 is 0 Å². The summed E-state index contributed by atoms with van der Waals surface area (Å²) in [7, 11) is 0. The Morgan fingerprint density at radius 3 is 2.56 bits per heavy atom. The highest BCUT2D eigenvalue weighted by atomic mass is 16.5. The van der Waals surface area contributed by atoms with E-state index in [1.807, 2.05) is 0 Å². The number of hydrogen-bond acceptors (Lipinski definition) is 2. The van der Waals surface area contributed by atoms with Crippen molar-refractivity contribution in [3.8, 4) is 0 Å². The van der Waals surface area contributed by atoms with Crippen LogP contribution in [-0.2, 0) is 4.74 Å². The summed E-state index contributed by atoms with van der Waals surface area (Å²) < 4.78 is 6.02. The Bertz CT molecular complexity index is 390. The zero-order valence-corrected chi connectivity index (χ0v) is 9.41. The first kappa shape index (κ1) is 10.1. The van der Waals surface area contributed by atoms with E-state index >= 15 is 0 Å². The Morgan fingerprint density at radius 2 is 1.81 bits per heavy atom. The molecule has 0 atom stereocenters. The minimum Gasteiger partial charge on any atom is -0.366 e. The van der Waals surface area contributed by atoms with Crippen LogP contribution in [0.4, 0.5) is 0 Å². The molecule has 2 aliphatic heterocycles. The molecule has 2 nitrogen and oxygen atoms in total. The third kappa shape index (κ3) is 1.79. The summed E-state index contributed by atoms with van der Waals surface area (Å²) in [6, 6.07) is 10.6. The van der Waals surface area contributed by atoms with E-state index in [0.717, 1.165) is 32.5 Å². The highest BCUT2D eigenvalue weighted by Crippen LogP contribution is 2.35. The molecule has 0 aliphatic carbocycles. The van der Waals surface area contributed by atoms with Gasteiger partial charge in [-0.3, -0.25) is 0 Å². The molecule has 84 valence electrons. The fourth-order valence-corrected chi connectivity index (χ4v) is 2.58. The summed E-state index contributed by atoms with van der Waals surface area (Å²) in [5.41, 5.74) is 2.68.